The molecule has 0 atom stereocenters. The summed E-state index contributed by atoms with van der Waals surface area (Å²) in [5.74, 6) is -0.892. The Bertz CT molecular complexity index is 719. The van der Waals surface area contributed by atoms with Crippen molar-refractivity contribution in [3.8, 4) is 5.75 Å². The summed E-state index contributed by atoms with van der Waals surface area (Å²) in [6.45, 7) is 3.00. The van der Waals surface area contributed by atoms with Crippen LogP contribution in [-0.2, 0) is 14.3 Å². The molecule has 2 amide bonds. The molecule has 9 nitrogen and oxygen atoms in total. The van der Waals surface area contributed by atoms with Crippen molar-refractivity contribution in [2.45, 2.75) is 6.92 Å². The maximum atomic E-state index is 12.2. The SMILES string of the molecule is CCOC(=O)N1CCN(C(=O)COC(=O)c2cc(Cl)c(N)cc2OC)CC1. The molecule has 0 saturated carbocycles. The van der Waals surface area contributed by atoms with Crippen LogP contribution in [-0.4, -0.2) is 74.3 Å². The highest BCUT2D eigenvalue weighted by Gasteiger charge is 2.26. The topological polar surface area (TPSA) is 111 Å². The molecule has 2 N–H and O–H groups in total. The van der Waals surface area contributed by atoms with Gasteiger partial charge in [0, 0.05) is 32.2 Å². The number of esters is 1. The van der Waals surface area contributed by atoms with Crippen LogP contribution in [0.3, 0.4) is 0 Å². The largest absolute Gasteiger partial charge is 0.496 e. The number of nitrogens with two attached hydrogens (primary N) is 1. The van der Waals surface area contributed by atoms with Crippen molar-refractivity contribution in [1.29, 1.82) is 0 Å². The summed E-state index contributed by atoms with van der Waals surface area (Å²) in [4.78, 5) is 39.2. The first kappa shape index (κ1) is 20.6. The predicted octanol–water partition coefficient (Wildman–Crippen LogP) is 1.39. The molecule has 0 unspecified atom stereocenters. The fourth-order valence-corrected chi connectivity index (χ4v) is 2.71. The molecule has 0 aromatic heterocycles. The number of carbonyl (C=O) groups excluding carboxylic acids is 3. The van der Waals surface area contributed by atoms with Gasteiger partial charge in [0.15, 0.2) is 6.61 Å². The predicted molar refractivity (Wildman–Crippen MR) is 97.9 cm³/mol. The van der Waals surface area contributed by atoms with Crippen LogP contribution in [0.1, 0.15) is 17.3 Å². The number of ether oxygens (including phenoxy) is 3. The van der Waals surface area contributed by atoms with Gasteiger partial charge in [-0.2, -0.15) is 0 Å². The molecule has 0 radical (unpaired) electrons. The second-order valence-electron chi connectivity index (χ2n) is 5.72. The van der Waals surface area contributed by atoms with E-state index in [1.54, 1.807) is 6.92 Å². The van der Waals surface area contributed by atoms with Gasteiger partial charge in [-0.3, -0.25) is 4.79 Å². The van der Waals surface area contributed by atoms with E-state index in [2.05, 4.69) is 0 Å². The number of hydrogen-bond donors (Lipinski definition) is 1. The highest BCUT2D eigenvalue weighted by atomic mass is 35.5. The minimum atomic E-state index is -0.743. The summed E-state index contributed by atoms with van der Waals surface area (Å²) in [6.07, 6.45) is -0.400. The number of piperazine rings is 1. The normalized spacial score (nSPS) is 13.9. The van der Waals surface area contributed by atoms with Gasteiger partial charge in [0.1, 0.15) is 11.3 Å². The number of hydrogen-bond acceptors (Lipinski definition) is 7. The first-order valence-electron chi connectivity index (χ1n) is 8.37. The molecule has 1 aliphatic heterocycles. The maximum Gasteiger partial charge on any atom is 0.409 e. The zero-order valence-corrected chi connectivity index (χ0v) is 16.0. The van der Waals surface area contributed by atoms with Crippen LogP contribution in [0, 0.1) is 0 Å². The minimum Gasteiger partial charge on any atom is -0.496 e. The summed E-state index contributed by atoms with van der Waals surface area (Å²) in [6, 6.07) is 2.75. The quantitative estimate of drug-likeness (QED) is 0.588. The second kappa shape index (κ2) is 9.31. The fraction of sp³-hybridized carbons (Fsp3) is 0.471. The van der Waals surface area contributed by atoms with E-state index in [-0.39, 0.29) is 27.9 Å². The standard InChI is InChI=1S/C17H22ClN3O6/c1-3-26-17(24)21-6-4-20(5-7-21)15(22)10-27-16(23)11-8-12(18)13(19)9-14(11)25-2/h8-9H,3-7,10,19H2,1-2H3. The molecule has 2 rings (SSSR count). The molecule has 27 heavy (non-hydrogen) atoms. The molecular formula is C17H22ClN3O6. The highest BCUT2D eigenvalue weighted by molar-refractivity contribution is 6.33. The van der Waals surface area contributed by atoms with E-state index in [0.717, 1.165) is 0 Å². The number of benzene rings is 1. The molecular weight excluding hydrogens is 378 g/mol. The molecule has 0 aliphatic carbocycles. The molecule has 0 spiro atoms. The van der Waals surface area contributed by atoms with Crippen LogP contribution in [0.5, 0.6) is 5.75 Å². The number of carbonyl (C=O) groups is 3. The molecule has 0 bridgehead atoms. The molecule has 1 aromatic carbocycles. The molecule has 1 heterocycles. The van der Waals surface area contributed by atoms with Crippen molar-refractivity contribution in [3.05, 3.63) is 22.7 Å². The van der Waals surface area contributed by atoms with Gasteiger partial charge in [-0.15, -0.1) is 0 Å². The van der Waals surface area contributed by atoms with Gasteiger partial charge in [0.05, 0.1) is 24.4 Å². The molecule has 1 aromatic rings. The molecule has 10 heteroatoms. The first-order valence-corrected chi connectivity index (χ1v) is 8.74. The fourth-order valence-electron chi connectivity index (χ4n) is 2.55. The van der Waals surface area contributed by atoms with E-state index >= 15 is 0 Å². The van der Waals surface area contributed by atoms with Crippen LogP contribution in [0.15, 0.2) is 12.1 Å². The third-order valence-electron chi connectivity index (χ3n) is 4.02. The van der Waals surface area contributed by atoms with E-state index < -0.39 is 18.7 Å². The Balaban J connectivity index is 1.88. The van der Waals surface area contributed by atoms with Gasteiger partial charge in [-0.1, -0.05) is 11.6 Å². The summed E-state index contributed by atoms with van der Waals surface area (Å²) < 4.78 is 15.1. The summed E-state index contributed by atoms with van der Waals surface area (Å²) in [7, 11) is 1.38. The maximum absolute atomic E-state index is 12.2. The molecule has 1 aliphatic rings. The van der Waals surface area contributed by atoms with E-state index in [0.29, 0.717) is 32.8 Å². The number of methoxy groups -OCH3 is 1. The Hall–Kier alpha value is -2.68. The first-order chi connectivity index (χ1) is 12.9. The van der Waals surface area contributed by atoms with Crippen molar-refractivity contribution in [2.24, 2.45) is 0 Å². The monoisotopic (exact) mass is 399 g/mol. The van der Waals surface area contributed by atoms with Gasteiger partial charge in [0.25, 0.3) is 5.91 Å². The number of rotatable bonds is 5. The van der Waals surface area contributed by atoms with Crippen LogP contribution >= 0.6 is 11.6 Å². The molecule has 1 fully saturated rings. The van der Waals surface area contributed by atoms with Gasteiger partial charge >= 0.3 is 12.1 Å². The lowest BCUT2D eigenvalue weighted by atomic mass is 10.2. The van der Waals surface area contributed by atoms with Crippen LogP contribution in [0.4, 0.5) is 10.5 Å². The Morgan fingerprint density at radius 3 is 2.33 bits per heavy atom. The van der Waals surface area contributed by atoms with Gasteiger partial charge < -0.3 is 29.7 Å². The molecule has 1 saturated heterocycles. The number of nitrogens with zero attached hydrogens (tertiary/aromatic N) is 2. The average molecular weight is 400 g/mol. The van der Waals surface area contributed by atoms with E-state index in [4.69, 9.17) is 31.5 Å². The van der Waals surface area contributed by atoms with Crippen molar-refractivity contribution in [3.63, 3.8) is 0 Å². The minimum absolute atomic E-state index is 0.0802. The molecule has 148 valence electrons. The average Bonchev–Trinajstić information content (AvgIpc) is 2.67. The Morgan fingerprint density at radius 2 is 1.74 bits per heavy atom. The summed E-state index contributed by atoms with van der Waals surface area (Å²) >= 11 is 5.93. The van der Waals surface area contributed by atoms with E-state index in [1.165, 1.54) is 29.0 Å². The lowest BCUT2D eigenvalue weighted by Gasteiger charge is -2.33. The van der Waals surface area contributed by atoms with Gasteiger partial charge in [0.2, 0.25) is 0 Å². The highest BCUT2D eigenvalue weighted by Crippen LogP contribution is 2.29. The van der Waals surface area contributed by atoms with E-state index in [9.17, 15) is 14.4 Å². The lowest BCUT2D eigenvalue weighted by Crippen LogP contribution is -2.51. The lowest BCUT2D eigenvalue weighted by molar-refractivity contribution is -0.136. The van der Waals surface area contributed by atoms with Gasteiger partial charge in [-0.25, -0.2) is 9.59 Å². The Morgan fingerprint density at radius 1 is 1.11 bits per heavy atom. The van der Waals surface area contributed by atoms with Crippen LogP contribution in [0.25, 0.3) is 0 Å². The van der Waals surface area contributed by atoms with Crippen LogP contribution < -0.4 is 10.5 Å². The smallest absolute Gasteiger partial charge is 0.409 e. The van der Waals surface area contributed by atoms with Crippen molar-refractivity contribution < 1.29 is 28.6 Å². The summed E-state index contributed by atoms with van der Waals surface area (Å²) in [5.41, 5.74) is 6.02. The second-order valence-corrected chi connectivity index (χ2v) is 6.12. The third kappa shape index (κ3) is 5.16. The number of anilines is 1. The number of amides is 2. The number of halogens is 1. The Labute approximate surface area is 161 Å². The number of nitrogen functional groups attached to an aromatic ring is 1. The Kier molecular flexibility index (Phi) is 7.12. The third-order valence-corrected chi connectivity index (χ3v) is 4.35. The van der Waals surface area contributed by atoms with Crippen molar-refractivity contribution >= 4 is 35.3 Å². The zero-order valence-electron chi connectivity index (χ0n) is 15.2. The van der Waals surface area contributed by atoms with Crippen molar-refractivity contribution in [1.82, 2.24) is 9.80 Å². The van der Waals surface area contributed by atoms with E-state index in [1.807, 2.05) is 0 Å². The zero-order chi connectivity index (χ0) is 20.0. The van der Waals surface area contributed by atoms with Crippen LogP contribution in [0.2, 0.25) is 5.02 Å². The van der Waals surface area contributed by atoms with Gasteiger partial charge in [-0.05, 0) is 13.0 Å². The van der Waals surface area contributed by atoms with Crippen molar-refractivity contribution in [2.75, 3.05) is 52.2 Å². The summed E-state index contributed by atoms with van der Waals surface area (Å²) in [5, 5.41) is 0.184.